The molecule has 0 unspecified atom stereocenters. The first-order valence-corrected chi connectivity index (χ1v) is 5.11. The SMILES string of the molecule is CCn1nc(C)c(C(C)=NNC(N)=O)c1C. The largest absolute Gasteiger partial charge is 0.350 e. The molecule has 3 N–H and O–H groups in total. The zero-order valence-corrected chi connectivity index (χ0v) is 10.0. The Hall–Kier alpha value is -1.85. The van der Waals surface area contributed by atoms with Gasteiger partial charge in [-0.2, -0.15) is 10.2 Å². The van der Waals surface area contributed by atoms with Crippen LogP contribution in [0.25, 0.3) is 0 Å². The molecule has 1 aromatic heterocycles. The predicted octanol–water partition coefficient (Wildman–Crippen LogP) is 0.912. The number of nitrogens with two attached hydrogens (primary N) is 1. The van der Waals surface area contributed by atoms with Gasteiger partial charge < -0.3 is 5.73 Å². The van der Waals surface area contributed by atoms with Gasteiger partial charge in [-0.1, -0.05) is 0 Å². The second-order valence-electron chi connectivity index (χ2n) is 3.53. The zero-order valence-electron chi connectivity index (χ0n) is 10.0. The van der Waals surface area contributed by atoms with Crippen LogP contribution in [0.5, 0.6) is 0 Å². The van der Waals surface area contributed by atoms with E-state index in [4.69, 9.17) is 5.73 Å². The molecule has 0 aromatic carbocycles. The highest BCUT2D eigenvalue weighted by Gasteiger charge is 2.13. The van der Waals surface area contributed by atoms with E-state index in [1.165, 1.54) is 0 Å². The van der Waals surface area contributed by atoms with Crippen molar-refractivity contribution in [1.82, 2.24) is 15.2 Å². The molecule has 16 heavy (non-hydrogen) atoms. The number of urea groups is 1. The summed E-state index contributed by atoms with van der Waals surface area (Å²) in [5.74, 6) is 0. The van der Waals surface area contributed by atoms with E-state index in [-0.39, 0.29) is 0 Å². The maximum Gasteiger partial charge on any atom is 0.332 e. The second kappa shape index (κ2) is 4.78. The second-order valence-corrected chi connectivity index (χ2v) is 3.53. The molecule has 88 valence electrons. The molecule has 0 aliphatic carbocycles. The number of amides is 2. The van der Waals surface area contributed by atoms with Crippen molar-refractivity contribution in [2.45, 2.75) is 34.2 Å². The number of hydrogen-bond acceptors (Lipinski definition) is 3. The van der Waals surface area contributed by atoms with Crippen molar-refractivity contribution in [2.24, 2.45) is 10.8 Å². The molecule has 0 saturated heterocycles. The van der Waals surface area contributed by atoms with Gasteiger partial charge in [-0.25, -0.2) is 10.2 Å². The lowest BCUT2D eigenvalue weighted by Gasteiger charge is -2.02. The van der Waals surface area contributed by atoms with Crippen LogP contribution in [0.3, 0.4) is 0 Å². The molecule has 0 aliphatic heterocycles. The first-order chi connectivity index (χ1) is 7.47. The van der Waals surface area contributed by atoms with Gasteiger partial charge in [0.05, 0.1) is 11.4 Å². The molecule has 0 bridgehead atoms. The highest BCUT2D eigenvalue weighted by atomic mass is 16.2. The van der Waals surface area contributed by atoms with Crippen LogP contribution in [0.15, 0.2) is 5.10 Å². The van der Waals surface area contributed by atoms with E-state index in [0.29, 0.717) is 5.71 Å². The summed E-state index contributed by atoms with van der Waals surface area (Å²) < 4.78 is 1.90. The summed E-state index contributed by atoms with van der Waals surface area (Å²) in [4.78, 5) is 10.5. The molecule has 0 radical (unpaired) electrons. The van der Waals surface area contributed by atoms with Gasteiger partial charge in [0.1, 0.15) is 0 Å². The highest BCUT2D eigenvalue weighted by Crippen LogP contribution is 2.13. The number of nitrogens with one attached hydrogen (secondary N) is 1. The molecule has 1 aromatic rings. The van der Waals surface area contributed by atoms with Crippen LogP contribution in [-0.2, 0) is 6.54 Å². The van der Waals surface area contributed by atoms with Crippen LogP contribution in [0, 0.1) is 13.8 Å². The third-order valence-electron chi connectivity index (χ3n) is 2.38. The summed E-state index contributed by atoms with van der Waals surface area (Å²) in [5, 5.41) is 8.27. The Kier molecular flexibility index (Phi) is 3.65. The van der Waals surface area contributed by atoms with Crippen molar-refractivity contribution < 1.29 is 4.79 Å². The van der Waals surface area contributed by atoms with Crippen LogP contribution >= 0.6 is 0 Å². The van der Waals surface area contributed by atoms with Crippen LogP contribution in [0.4, 0.5) is 4.79 Å². The Morgan fingerprint density at radius 2 is 2.19 bits per heavy atom. The standard InChI is InChI=1S/C10H17N5O/c1-5-15-8(4)9(7(3)14-15)6(2)12-13-10(11)16/h5H2,1-4H3,(H3,11,13,16). The number of rotatable bonds is 3. The van der Waals surface area contributed by atoms with E-state index < -0.39 is 6.03 Å². The number of carbonyl (C=O) groups excluding carboxylic acids is 1. The minimum atomic E-state index is -0.669. The van der Waals surface area contributed by atoms with E-state index in [1.54, 1.807) is 0 Å². The van der Waals surface area contributed by atoms with Crippen molar-refractivity contribution >= 4 is 11.7 Å². The Balaban J connectivity index is 3.08. The average molecular weight is 223 g/mol. The van der Waals surface area contributed by atoms with Crippen molar-refractivity contribution in [3.05, 3.63) is 17.0 Å². The summed E-state index contributed by atoms with van der Waals surface area (Å²) in [6.07, 6.45) is 0. The first-order valence-electron chi connectivity index (χ1n) is 5.11. The van der Waals surface area contributed by atoms with Gasteiger partial charge in [-0.05, 0) is 27.7 Å². The maximum atomic E-state index is 10.5. The van der Waals surface area contributed by atoms with E-state index in [9.17, 15) is 4.79 Å². The Bertz CT molecular complexity index is 433. The Morgan fingerprint density at radius 1 is 1.56 bits per heavy atom. The lowest BCUT2D eigenvalue weighted by Crippen LogP contribution is -2.25. The molecular weight excluding hydrogens is 206 g/mol. The summed E-state index contributed by atoms with van der Waals surface area (Å²) in [5.41, 5.74) is 10.8. The predicted molar refractivity (Wildman–Crippen MR) is 62.3 cm³/mol. The van der Waals surface area contributed by atoms with Gasteiger partial charge in [-0.3, -0.25) is 4.68 Å². The lowest BCUT2D eigenvalue weighted by atomic mass is 10.1. The van der Waals surface area contributed by atoms with Gasteiger partial charge in [0.25, 0.3) is 0 Å². The molecular formula is C10H17N5O. The first kappa shape index (κ1) is 12.2. The van der Waals surface area contributed by atoms with E-state index in [1.807, 2.05) is 32.4 Å². The average Bonchev–Trinajstić information content (AvgIpc) is 2.50. The zero-order chi connectivity index (χ0) is 12.3. The third kappa shape index (κ3) is 2.39. The van der Waals surface area contributed by atoms with Crippen LogP contribution in [0.1, 0.15) is 30.8 Å². The highest BCUT2D eigenvalue weighted by molar-refractivity contribution is 6.01. The minimum absolute atomic E-state index is 0.669. The normalized spacial score (nSPS) is 11.6. The molecule has 0 aliphatic rings. The van der Waals surface area contributed by atoms with E-state index >= 15 is 0 Å². The molecule has 6 heteroatoms. The van der Waals surface area contributed by atoms with Gasteiger partial charge in [0.2, 0.25) is 0 Å². The molecule has 0 saturated carbocycles. The smallest absolute Gasteiger partial charge is 0.332 e. The number of aryl methyl sites for hydroxylation is 2. The topological polar surface area (TPSA) is 85.3 Å². The number of primary amides is 1. The van der Waals surface area contributed by atoms with Gasteiger partial charge in [-0.15, -0.1) is 0 Å². The van der Waals surface area contributed by atoms with Crippen molar-refractivity contribution in [2.75, 3.05) is 0 Å². The van der Waals surface area contributed by atoms with E-state index in [2.05, 4.69) is 15.6 Å². The van der Waals surface area contributed by atoms with Gasteiger partial charge in [0, 0.05) is 17.8 Å². The van der Waals surface area contributed by atoms with E-state index in [0.717, 1.165) is 23.5 Å². The maximum absolute atomic E-state index is 10.5. The minimum Gasteiger partial charge on any atom is -0.350 e. The van der Waals surface area contributed by atoms with Gasteiger partial charge >= 0.3 is 6.03 Å². The molecule has 6 nitrogen and oxygen atoms in total. The fourth-order valence-electron chi connectivity index (χ4n) is 1.72. The van der Waals surface area contributed by atoms with Crippen LogP contribution in [-0.4, -0.2) is 21.5 Å². The molecule has 1 heterocycles. The molecule has 1 rings (SSSR count). The summed E-state index contributed by atoms with van der Waals surface area (Å²) >= 11 is 0. The van der Waals surface area contributed by atoms with Crippen molar-refractivity contribution in [3.63, 3.8) is 0 Å². The monoisotopic (exact) mass is 223 g/mol. The molecule has 0 spiro atoms. The summed E-state index contributed by atoms with van der Waals surface area (Å²) in [7, 11) is 0. The Morgan fingerprint density at radius 3 is 2.62 bits per heavy atom. The number of hydrazone groups is 1. The number of nitrogens with zero attached hydrogens (tertiary/aromatic N) is 3. The Labute approximate surface area is 94.5 Å². The fourth-order valence-corrected chi connectivity index (χ4v) is 1.72. The van der Waals surface area contributed by atoms with Crippen LogP contribution in [0.2, 0.25) is 0 Å². The number of hydrogen-bond donors (Lipinski definition) is 2. The molecule has 0 fully saturated rings. The fraction of sp³-hybridized carbons (Fsp3) is 0.500. The lowest BCUT2D eigenvalue weighted by molar-refractivity contribution is 0.249. The molecule has 2 amide bonds. The quantitative estimate of drug-likeness (QED) is 0.589. The number of aromatic nitrogens is 2. The summed E-state index contributed by atoms with van der Waals surface area (Å²) in [6.45, 7) is 8.54. The van der Waals surface area contributed by atoms with Crippen molar-refractivity contribution in [1.29, 1.82) is 0 Å². The number of carbonyl (C=O) groups is 1. The van der Waals surface area contributed by atoms with Crippen molar-refractivity contribution in [3.8, 4) is 0 Å². The third-order valence-corrected chi connectivity index (χ3v) is 2.38. The van der Waals surface area contributed by atoms with Gasteiger partial charge in [0.15, 0.2) is 0 Å². The summed E-state index contributed by atoms with van der Waals surface area (Å²) in [6, 6.07) is -0.669. The van der Waals surface area contributed by atoms with Crippen LogP contribution < -0.4 is 11.2 Å². The molecule has 0 atom stereocenters.